The van der Waals surface area contributed by atoms with E-state index in [0.29, 0.717) is 18.4 Å². The number of rotatable bonds is 7. The van der Waals surface area contributed by atoms with Crippen molar-refractivity contribution in [3.8, 4) is 11.5 Å². The van der Waals surface area contributed by atoms with Gasteiger partial charge in [-0.25, -0.2) is 5.43 Å². The Kier molecular flexibility index (Phi) is 6.86. The Morgan fingerprint density at radius 3 is 2.83 bits per heavy atom. The minimum Gasteiger partial charge on any atom is -0.507 e. The number of pyridine rings is 1. The summed E-state index contributed by atoms with van der Waals surface area (Å²) in [7, 11) is 0. The molecule has 1 saturated heterocycles. The monoisotopic (exact) mass is 486 g/mol. The zero-order valence-electron chi connectivity index (χ0n) is 20.3. The Labute approximate surface area is 209 Å². The Bertz CT molecular complexity index is 1350. The van der Waals surface area contributed by atoms with Crippen LogP contribution < -0.4 is 15.7 Å². The molecule has 1 fully saturated rings. The number of phenols is 1. The number of piperidine rings is 1. The number of carbonyl (C=O) groups excluding carboxylic acids is 1. The summed E-state index contributed by atoms with van der Waals surface area (Å²) in [6, 6.07) is 17.8. The van der Waals surface area contributed by atoms with Crippen LogP contribution in [0.15, 0.2) is 70.6 Å². The number of benzene rings is 2. The summed E-state index contributed by atoms with van der Waals surface area (Å²) in [5.74, 6) is 1.06. The standard InChI is InChI=1S/C28H30N4O4/c1-2-36-26-11-10-19(14-29-30-28(35)23-6-3-4-8-25(23)33)12-22(26)18-31-15-20-13-21(17-31)24-7-5-9-27(34)32(24)16-20/h3-12,14,20-21,33H,2,13,15-18H2,1H3,(H,30,35)/b29-14+. The van der Waals surface area contributed by atoms with Crippen molar-refractivity contribution in [3.63, 3.8) is 0 Å². The first-order valence-electron chi connectivity index (χ1n) is 12.3. The van der Waals surface area contributed by atoms with Gasteiger partial charge in [-0.1, -0.05) is 18.2 Å². The van der Waals surface area contributed by atoms with Gasteiger partial charge in [0.2, 0.25) is 0 Å². The highest BCUT2D eigenvalue weighted by Gasteiger charge is 2.34. The van der Waals surface area contributed by atoms with Crippen molar-refractivity contribution in [2.45, 2.75) is 32.4 Å². The molecule has 0 saturated carbocycles. The summed E-state index contributed by atoms with van der Waals surface area (Å²) in [5.41, 5.74) is 5.75. The van der Waals surface area contributed by atoms with Gasteiger partial charge >= 0.3 is 0 Å². The van der Waals surface area contributed by atoms with Gasteiger partial charge in [0.15, 0.2) is 0 Å². The van der Waals surface area contributed by atoms with Gasteiger partial charge in [-0.2, -0.15) is 5.10 Å². The van der Waals surface area contributed by atoms with E-state index < -0.39 is 5.91 Å². The van der Waals surface area contributed by atoms with Crippen molar-refractivity contribution in [1.29, 1.82) is 0 Å². The van der Waals surface area contributed by atoms with Crippen LogP contribution in [0.25, 0.3) is 0 Å². The summed E-state index contributed by atoms with van der Waals surface area (Å²) < 4.78 is 7.85. The van der Waals surface area contributed by atoms with Gasteiger partial charge in [0, 0.05) is 49.4 Å². The molecule has 36 heavy (non-hydrogen) atoms. The predicted octanol–water partition coefficient (Wildman–Crippen LogP) is 3.34. The van der Waals surface area contributed by atoms with Crippen molar-refractivity contribution in [2.24, 2.45) is 11.0 Å². The van der Waals surface area contributed by atoms with Crippen LogP contribution in [0.2, 0.25) is 0 Å². The molecule has 2 aliphatic rings. The number of hydrogen-bond acceptors (Lipinski definition) is 6. The molecule has 0 aliphatic carbocycles. The number of hydrogen-bond donors (Lipinski definition) is 2. The molecular formula is C28H30N4O4. The first-order chi connectivity index (χ1) is 17.5. The van der Waals surface area contributed by atoms with Gasteiger partial charge < -0.3 is 14.4 Å². The number of para-hydroxylation sites is 1. The molecule has 186 valence electrons. The van der Waals surface area contributed by atoms with Gasteiger partial charge in [0.1, 0.15) is 11.5 Å². The topological polar surface area (TPSA) is 96.2 Å². The number of nitrogens with one attached hydrogen (secondary N) is 1. The molecule has 0 radical (unpaired) electrons. The first kappa shape index (κ1) is 23.8. The van der Waals surface area contributed by atoms with Crippen molar-refractivity contribution in [3.05, 3.63) is 93.4 Å². The Balaban J connectivity index is 1.31. The van der Waals surface area contributed by atoms with Crippen molar-refractivity contribution < 1.29 is 14.6 Å². The summed E-state index contributed by atoms with van der Waals surface area (Å²) >= 11 is 0. The zero-order valence-corrected chi connectivity index (χ0v) is 20.3. The summed E-state index contributed by atoms with van der Waals surface area (Å²) in [6.07, 6.45) is 2.70. The molecule has 3 aromatic rings. The maximum Gasteiger partial charge on any atom is 0.275 e. The minimum absolute atomic E-state index is 0.0904. The van der Waals surface area contributed by atoms with Gasteiger partial charge in [-0.3, -0.25) is 14.5 Å². The molecule has 1 aromatic heterocycles. The fourth-order valence-electron chi connectivity index (χ4n) is 5.36. The van der Waals surface area contributed by atoms with Crippen molar-refractivity contribution >= 4 is 12.1 Å². The van der Waals surface area contributed by atoms with Crippen LogP contribution in [-0.4, -0.2) is 46.4 Å². The lowest BCUT2D eigenvalue weighted by Crippen LogP contribution is -2.46. The number of hydrazone groups is 1. The number of nitrogens with zero attached hydrogens (tertiary/aromatic N) is 3. The van der Waals surface area contributed by atoms with Gasteiger partial charge in [-0.05, 0) is 61.2 Å². The van der Waals surface area contributed by atoms with Crippen molar-refractivity contribution in [2.75, 3.05) is 19.7 Å². The molecule has 3 heterocycles. The maximum atomic E-state index is 12.3. The lowest BCUT2D eigenvalue weighted by molar-refractivity contribution is 0.0952. The summed E-state index contributed by atoms with van der Waals surface area (Å²) in [5, 5.41) is 13.9. The fraction of sp³-hybridized carbons (Fsp3) is 0.321. The van der Waals surface area contributed by atoms with E-state index in [4.69, 9.17) is 4.74 Å². The molecule has 8 heteroatoms. The molecule has 2 bridgehead atoms. The number of carbonyl (C=O) groups is 1. The van der Waals surface area contributed by atoms with E-state index in [1.807, 2.05) is 35.8 Å². The average Bonchev–Trinajstić information content (AvgIpc) is 2.86. The molecule has 2 aromatic carbocycles. The normalized spacial score (nSPS) is 19.1. The Morgan fingerprint density at radius 1 is 1.14 bits per heavy atom. The van der Waals surface area contributed by atoms with Crippen LogP contribution in [0.4, 0.5) is 0 Å². The lowest BCUT2D eigenvalue weighted by Gasteiger charge is -2.43. The number of aromatic hydroxyl groups is 1. The van der Waals surface area contributed by atoms with Crippen LogP contribution in [0.3, 0.4) is 0 Å². The van der Waals surface area contributed by atoms with Gasteiger partial charge in [0.05, 0.1) is 18.4 Å². The van der Waals surface area contributed by atoms with E-state index in [-0.39, 0.29) is 16.9 Å². The summed E-state index contributed by atoms with van der Waals surface area (Å²) in [6.45, 7) is 5.85. The molecule has 2 unspecified atom stereocenters. The quantitative estimate of drug-likeness (QED) is 0.395. The molecule has 8 nitrogen and oxygen atoms in total. The highest BCUT2D eigenvalue weighted by atomic mass is 16.5. The molecule has 2 aliphatic heterocycles. The number of amides is 1. The number of fused-ring (bicyclic) bond motifs is 4. The minimum atomic E-state index is -0.477. The smallest absolute Gasteiger partial charge is 0.275 e. The second-order valence-electron chi connectivity index (χ2n) is 9.41. The third kappa shape index (κ3) is 5.04. The SMILES string of the molecule is CCOc1ccc(/C=N/NC(=O)c2ccccc2O)cc1CN1CC2CC(C1)c1cccc(=O)n1C2. The largest absolute Gasteiger partial charge is 0.507 e. The van der Waals surface area contributed by atoms with Crippen LogP contribution >= 0.6 is 0 Å². The molecule has 1 amide bonds. The summed E-state index contributed by atoms with van der Waals surface area (Å²) in [4.78, 5) is 27.1. The van der Waals surface area contributed by atoms with E-state index in [1.165, 1.54) is 12.1 Å². The van der Waals surface area contributed by atoms with E-state index in [2.05, 4.69) is 21.5 Å². The van der Waals surface area contributed by atoms with Crippen LogP contribution in [-0.2, 0) is 13.1 Å². The van der Waals surface area contributed by atoms with E-state index in [1.54, 1.807) is 24.4 Å². The van der Waals surface area contributed by atoms with Crippen molar-refractivity contribution in [1.82, 2.24) is 14.9 Å². The van der Waals surface area contributed by atoms with Gasteiger partial charge in [0.25, 0.3) is 11.5 Å². The maximum absolute atomic E-state index is 12.3. The average molecular weight is 487 g/mol. The van der Waals surface area contributed by atoms with Crippen LogP contribution in [0.5, 0.6) is 11.5 Å². The molecular weight excluding hydrogens is 456 g/mol. The third-order valence-electron chi connectivity index (χ3n) is 6.86. The van der Waals surface area contributed by atoms with Crippen LogP contribution in [0, 0.1) is 5.92 Å². The fourth-order valence-corrected chi connectivity index (χ4v) is 5.36. The Morgan fingerprint density at radius 2 is 2.00 bits per heavy atom. The number of likely N-dealkylation sites (tertiary alicyclic amines) is 1. The second kappa shape index (κ2) is 10.4. The predicted molar refractivity (Wildman–Crippen MR) is 138 cm³/mol. The van der Waals surface area contributed by atoms with E-state index in [0.717, 1.165) is 55.2 Å². The lowest BCUT2D eigenvalue weighted by atomic mass is 9.83. The zero-order chi connectivity index (χ0) is 25.1. The molecule has 2 atom stereocenters. The highest BCUT2D eigenvalue weighted by molar-refractivity contribution is 5.97. The second-order valence-corrected chi connectivity index (χ2v) is 9.41. The van der Waals surface area contributed by atoms with Crippen LogP contribution in [0.1, 0.15) is 46.4 Å². The van der Waals surface area contributed by atoms with E-state index >= 15 is 0 Å². The first-order valence-corrected chi connectivity index (χ1v) is 12.3. The molecule has 0 spiro atoms. The number of aromatic nitrogens is 1. The molecule has 2 N–H and O–H groups in total. The van der Waals surface area contributed by atoms with Gasteiger partial charge in [-0.15, -0.1) is 0 Å². The number of ether oxygens (including phenoxy) is 1. The highest BCUT2D eigenvalue weighted by Crippen LogP contribution is 2.36. The molecule has 5 rings (SSSR count). The third-order valence-corrected chi connectivity index (χ3v) is 6.86. The number of phenolic OH excluding ortho intramolecular Hbond substituents is 1. The van der Waals surface area contributed by atoms with E-state index in [9.17, 15) is 14.7 Å². The Hall–Kier alpha value is -3.91.